The summed E-state index contributed by atoms with van der Waals surface area (Å²) in [7, 11) is 2.12. The van der Waals surface area contributed by atoms with E-state index in [1.165, 1.54) is 24.9 Å². The Morgan fingerprint density at radius 3 is 2.89 bits per heavy atom. The van der Waals surface area contributed by atoms with Gasteiger partial charge in [-0.2, -0.15) is 0 Å². The molecule has 4 heteroatoms. The first-order valence-electron chi connectivity index (χ1n) is 7.08. The summed E-state index contributed by atoms with van der Waals surface area (Å²) in [5, 5.41) is 3.54. The number of hydrogen-bond acceptors (Lipinski definition) is 3. The Bertz CT molecular complexity index is 440. The molecule has 0 aliphatic carbocycles. The van der Waals surface area contributed by atoms with Crippen LogP contribution < -0.4 is 10.1 Å². The quantitative estimate of drug-likeness (QED) is 0.920. The normalized spacial score (nSPS) is 24.4. The summed E-state index contributed by atoms with van der Waals surface area (Å²) in [5.41, 5.74) is 1.38. The van der Waals surface area contributed by atoms with E-state index in [-0.39, 0.29) is 0 Å². The van der Waals surface area contributed by atoms with Gasteiger partial charge in [0.1, 0.15) is 11.9 Å². The number of rotatable bonds is 4. The fourth-order valence-corrected chi connectivity index (χ4v) is 3.40. The molecule has 1 atom stereocenters. The van der Waals surface area contributed by atoms with Gasteiger partial charge in [-0.3, -0.25) is 4.90 Å². The molecule has 0 aromatic heterocycles. The third-order valence-electron chi connectivity index (χ3n) is 3.97. The summed E-state index contributed by atoms with van der Waals surface area (Å²) in [4.78, 5) is 2.26. The van der Waals surface area contributed by atoms with E-state index in [2.05, 4.69) is 51.4 Å². The molecule has 1 N–H and O–H groups in total. The van der Waals surface area contributed by atoms with Crippen LogP contribution >= 0.6 is 15.9 Å². The van der Waals surface area contributed by atoms with Gasteiger partial charge < -0.3 is 10.1 Å². The highest BCUT2D eigenvalue weighted by Crippen LogP contribution is 2.29. The molecule has 0 radical (unpaired) electrons. The van der Waals surface area contributed by atoms with Gasteiger partial charge in [-0.05, 0) is 66.5 Å². The van der Waals surface area contributed by atoms with Crippen LogP contribution in [0.4, 0.5) is 0 Å². The van der Waals surface area contributed by atoms with Crippen molar-refractivity contribution in [2.24, 2.45) is 0 Å². The van der Waals surface area contributed by atoms with E-state index in [0.29, 0.717) is 12.1 Å². The maximum Gasteiger partial charge on any atom is 0.134 e. The molecule has 0 bridgehead atoms. The second-order valence-electron chi connectivity index (χ2n) is 5.72. The second-order valence-corrected chi connectivity index (χ2v) is 6.58. The first kappa shape index (κ1) is 13.4. The SMILES string of the molecule is CN1CC(Oc2ccc(CC3CCCN3)cc2Br)C1. The zero-order valence-electron chi connectivity index (χ0n) is 11.4. The number of ether oxygens (including phenoxy) is 1. The lowest BCUT2D eigenvalue weighted by Crippen LogP contribution is -2.51. The monoisotopic (exact) mass is 324 g/mol. The fraction of sp³-hybridized carbons (Fsp3) is 0.600. The molecular weight excluding hydrogens is 304 g/mol. The van der Waals surface area contributed by atoms with Crippen LogP contribution in [0.5, 0.6) is 5.75 Å². The summed E-state index contributed by atoms with van der Waals surface area (Å²) >= 11 is 3.63. The van der Waals surface area contributed by atoms with Crippen molar-refractivity contribution in [3.05, 3.63) is 28.2 Å². The Kier molecular flexibility index (Phi) is 4.10. The number of halogens is 1. The van der Waals surface area contributed by atoms with Crippen LogP contribution in [-0.2, 0) is 6.42 Å². The molecule has 104 valence electrons. The van der Waals surface area contributed by atoms with Crippen LogP contribution in [0, 0.1) is 0 Å². The van der Waals surface area contributed by atoms with E-state index in [4.69, 9.17) is 4.74 Å². The zero-order chi connectivity index (χ0) is 13.2. The van der Waals surface area contributed by atoms with Gasteiger partial charge in [-0.25, -0.2) is 0 Å². The van der Waals surface area contributed by atoms with E-state index in [9.17, 15) is 0 Å². The number of hydrogen-bond donors (Lipinski definition) is 1. The molecule has 19 heavy (non-hydrogen) atoms. The Hall–Kier alpha value is -0.580. The second kappa shape index (κ2) is 5.81. The molecular formula is C15H21BrN2O. The highest BCUT2D eigenvalue weighted by Gasteiger charge is 2.25. The predicted octanol–water partition coefficient (Wildman–Crippen LogP) is 2.44. The standard InChI is InChI=1S/C15H21BrN2O/c1-18-9-13(10-18)19-15-5-4-11(8-14(15)16)7-12-3-2-6-17-12/h4-5,8,12-13,17H,2-3,6-7,9-10H2,1H3. The van der Waals surface area contributed by atoms with Crippen LogP contribution in [0.2, 0.25) is 0 Å². The van der Waals surface area contributed by atoms with Gasteiger partial charge in [0, 0.05) is 19.1 Å². The molecule has 0 saturated carbocycles. The zero-order valence-corrected chi connectivity index (χ0v) is 12.9. The van der Waals surface area contributed by atoms with E-state index >= 15 is 0 Å². The fourth-order valence-electron chi connectivity index (χ4n) is 2.88. The Balaban J connectivity index is 1.60. The van der Waals surface area contributed by atoms with Crippen LogP contribution in [0.15, 0.2) is 22.7 Å². The molecule has 2 heterocycles. The van der Waals surface area contributed by atoms with Gasteiger partial charge in [0.15, 0.2) is 0 Å². The summed E-state index contributed by atoms with van der Waals surface area (Å²) in [5.74, 6) is 0.973. The number of nitrogens with zero attached hydrogens (tertiary/aromatic N) is 1. The lowest BCUT2D eigenvalue weighted by atomic mass is 10.0. The van der Waals surface area contributed by atoms with Gasteiger partial charge in [-0.15, -0.1) is 0 Å². The maximum atomic E-state index is 5.97. The van der Waals surface area contributed by atoms with Gasteiger partial charge in [-0.1, -0.05) is 6.07 Å². The lowest BCUT2D eigenvalue weighted by Gasteiger charge is -2.36. The van der Waals surface area contributed by atoms with Gasteiger partial charge in [0.2, 0.25) is 0 Å². The molecule has 2 aliphatic heterocycles. The molecule has 1 aromatic carbocycles. The molecule has 3 nitrogen and oxygen atoms in total. The number of likely N-dealkylation sites (tertiary alicyclic amines) is 1. The van der Waals surface area contributed by atoms with Crippen LogP contribution in [0.25, 0.3) is 0 Å². The summed E-state index contributed by atoms with van der Waals surface area (Å²) in [6, 6.07) is 7.16. The van der Waals surface area contributed by atoms with Crippen LogP contribution in [0.3, 0.4) is 0 Å². The minimum absolute atomic E-state index is 0.351. The number of benzene rings is 1. The molecule has 0 spiro atoms. The van der Waals surface area contributed by atoms with Crippen molar-refractivity contribution in [2.45, 2.75) is 31.4 Å². The van der Waals surface area contributed by atoms with Crippen molar-refractivity contribution in [3.63, 3.8) is 0 Å². The van der Waals surface area contributed by atoms with Gasteiger partial charge >= 0.3 is 0 Å². The van der Waals surface area contributed by atoms with Gasteiger partial charge in [0.05, 0.1) is 4.47 Å². The molecule has 0 amide bonds. The average Bonchev–Trinajstić information content (AvgIpc) is 2.83. The summed E-state index contributed by atoms with van der Waals surface area (Å²) in [6.45, 7) is 3.22. The molecule has 1 unspecified atom stereocenters. The first-order chi connectivity index (χ1) is 9.20. The molecule has 2 aliphatic rings. The lowest BCUT2D eigenvalue weighted by molar-refractivity contribution is 0.0383. The van der Waals surface area contributed by atoms with Crippen molar-refractivity contribution in [1.29, 1.82) is 0 Å². The topological polar surface area (TPSA) is 24.5 Å². The Morgan fingerprint density at radius 2 is 2.26 bits per heavy atom. The minimum Gasteiger partial charge on any atom is -0.487 e. The van der Waals surface area contributed by atoms with Crippen LogP contribution in [0.1, 0.15) is 18.4 Å². The third-order valence-corrected chi connectivity index (χ3v) is 4.58. The van der Waals surface area contributed by atoms with E-state index in [1.807, 2.05) is 0 Å². The summed E-state index contributed by atoms with van der Waals surface area (Å²) in [6.07, 6.45) is 4.07. The van der Waals surface area contributed by atoms with Crippen LogP contribution in [-0.4, -0.2) is 43.7 Å². The largest absolute Gasteiger partial charge is 0.487 e. The Morgan fingerprint density at radius 1 is 1.42 bits per heavy atom. The Labute approximate surface area is 123 Å². The van der Waals surface area contributed by atoms with Gasteiger partial charge in [0.25, 0.3) is 0 Å². The van der Waals surface area contributed by atoms with E-state index < -0.39 is 0 Å². The highest BCUT2D eigenvalue weighted by molar-refractivity contribution is 9.10. The minimum atomic E-state index is 0.351. The van der Waals surface area contributed by atoms with Crippen molar-refractivity contribution >= 4 is 15.9 Å². The van der Waals surface area contributed by atoms with E-state index in [0.717, 1.165) is 29.7 Å². The number of likely N-dealkylation sites (N-methyl/N-ethyl adjacent to an activating group) is 1. The number of nitrogens with one attached hydrogen (secondary N) is 1. The molecule has 2 saturated heterocycles. The molecule has 2 fully saturated rings. The van der Waals surface area contributed by atoms with Crippen molar-refractivity contribution in [3.8, 4) is 5.75 Å². The highest BCUT2D eigenvalue weighted by atomic mass is 79.9. The predicted molar refractivity (Wildman–Crippen MR) is 80.8 cm³/mol. The average molecular weight is 325 g/mol. The molecule has 1 aromatic rings. The van der Waals surface area contributed by atoms with E-state index in [1.54, 1.807) is 0 Å². The third kappa shape index (κ3) is 3.30. The first-order valence-corrected chi connectivity index (χ1v) is 7.87. The van der Waals surface area contributed by atoms with Crippen molar-refractivity contribution < 1.29 is 4.74 Å². The van der Waals surface area contributed by atoms with Crippen molar-refractivity contribution in [1.82, 2.24) is 10.2 Å². The molecule has 3 rings (SSSR count). The summed E-state index contributed by atoms with van der Waals surface area (Å²) < 4.78 is 7.05. The van der Waals surface area contributed by atoms with Crippen molar-refractivity contribution in [2.75, 3.05) is 26.7 Å². The smallest absolute Gasteiger partial charge is 0.134 e. The maximum absolute atomic E-state index is 5.97.